The maximum Gasteiger partial charge on any atom is 0.0900 e. The summed E-state index contributed by atoms with van der Waals surface area (Å²) in [4.78, 5) is 19.4. The van der Waals surface area contributed by atoms with E-state index in [9.17, 15) is 0 Å². The van der Waals surface area contributed by atoms with Crippen molar-refractivity contribution in [3.63, 3.8) is 0 Å². The van der Waals surface area contributed by atoms with Gasteiger partial charge >= 0.3 is 0 Å². The van der Waals surface area contributed by atoms with Crippen LogP contribution >= 0.6 is 0 Å². The molecule has 0 saturated heterocycles. The van der Waals surface area contributed by atoms with E-state index in [-0.39, 0.29) is 0 Å². The maximum atomic E-state index is 5.26. The highest BCUT2D eigenvalue weighted by atomic mass is 14.8. The molecule has 4 nitrogen and oxygen atoms in total. The van der Waals surface area contributed by atoms with Gasteiger partial charge in [-0.2, -0.15) is 0 Å². The Balaban J connectivity index is 1.01. The van der Waals surface area contributed by atoms with Crippen molar-refractivity contribution in [3.8, 4) is 78.5 Å². The van der Waals surface area contributed by atoms with Crippen molar-refractivity contribution in [1.29, 1.82) is 0 Å². The third-order valence-corrected chi connectivity index (χ3v) is 10.4. The Bertz CT molecular complexity index is 2920. The molecule has 0 spiro atoms. The third-order valence-electron chi connectivity index (χ3n) is 10.4. The van der Waals surface area contributed by atoms with E-state index in [1.165, 1.54) is 22.1 Å². The highest BCUT2D eigenvalue weighted by molar-refractivity contribution is 6.17. The first kappa shape index (κ1) is 33.0. The van der Waals surface area contributed by atoms with E-state index in [0.29, 0.717) is 0 Å². The van der Waals surface area contributed by atoms with E-state index in [2.05, 4.69) is 168 Å². The van der Waals surface area contributed by atoms with Gasteiger partial charge in [0, 0.05) is 34.1 Å². The van der Waals surface area contributed by atoms with E-state index in [4.69, 9.17) is 9.97 Å². The lowest BCUT2D eigenvalue weighted by atomic mass is 9.91. The highest BCUT2D eigenvalue weighted by Gasteiger charge is 2.16. The molecule has 0 amide bonds. The summed E-state index contributed by atoms with van der Waals surface area (Å²) in [6, 6.07) is 68.0. The van der Waals surface area contributed by atoms with Gasteiger partial charge in [0.25, 0.3) is 0 Å². The van der Waals surface area contributed by atoms with Gasteiger partial charge in [0.05, 0.1) is 34.0 Å². The van der Waals surface area contributed by atoms with Gasteiger partial charge in [0.15, 0.2) is 0 Å². The zero-order valence-electron chi connectivity index (χ0n) is 30.4. The van der Waals surface area contributed by atoms with Crippen LogP contribution in [0.1, 0.15) is 0 Å². The van der Waals surface area contributed by atoms with Gasteiger partial charge in [-0.25, -0.2) is 9.97 Å². The molecule has 0 radical (unpaired) electrons. The molecule has 10 aromatic rings. The van der Waals surface area contributed by atoms with Gasteiger partial charge < -0.3 is 0 Å². The number of hydrogen-bond acceptors (Lipinski definition) is 4. The molecule has 0 aliphatic carbocycles. The van der Waals surface area contributed by atoms with Gasteiger partial charge in [-0.05, 0) is 93.0 Å². The van der Waals surface area contributed by atoms with Gasteiger partial charge in [0.1, 0.15) is 0 Å². The van der Waals surface area contributed by atoms with Crippen LogP contribution in [-0.4, -0.2) is 19.9 Å². The summed E-state index contributed by atoms with van der Waals surface area (Å²) in [7, 11) is 0. The van der Waals surface area contributed by atoms with Gasteiger partial charge in [-0.3, -0.25) is 9.97 Å². The minimum absolute atomic E-state index is 0.813. The van der Waals surface area contributed by atoms with Crippen molar-refractivity contribution in [2.24, 2.45) is 0 Å². The minimum Gasteiger partial charge on any atom is -0.255 e. The monoisotopic (exact) mass is 714 g/mol. The number of hydrogen-bond donors (Lipinski definition) is 0. The minimum atomic E-state index is 0.813. The molecule has 4 heterocycles. The van der Waals surface area contributed by atoms with Crippen LogP contribution in [0.5, 0.6) is 0 Å². The van der Waals surface area contributed by atoms with E-state index >= 15 is 0 Å². The van der Waals surface area contributed by atoms with Crippen LogP contribution in [0.3, 0.4) is 0 Å². The molecule has 0 atom stereocenters. The predicted molar refractivity (Wildman–Crippen MR) is 231 cm³/mol. The second kappa shape index (κ2) is 14.3. The van der Waals surface area contributed by atoms with Crippen molar-refractivity contribution in [3.05, 3.63) is 207 Å². The number of nitrogens with zero attached hydrogens (tertiary/aromatic N) is 4. The zero-order chi connectivity index (χ0) is 37.3. The highest BCUT2D eigenvalue weighted by Crippen LogP contribution is 2.40. The van der Waals surface area contributed by atoms with Gasteiger partial charge in [-0.1, -0.05) is 146 Å². The molecule has 10 rings (SSSR count). The second-order valence-electron chi connectivity index (χ2n) is 13.9. The first-order valence-corrected chi connectivity index (χ1v) is 18.8. The Morgan fingerprint density at radius 1 is 0.286 bits per heavy atom. The third kappa shape index (κ3) is 6.29. The fraction of sp³-hybridized carbons (Fsp3) is 0. The van der Waals surface area contributed by atoms with Crippen molar-refractivity contribution < 1.29 is 0 Å². The fourth-order valence-corrected chi connectivity index (χ4v) is 7.63. The lowest BCUT2D eigenvalue weighted by Gasteiger charge is -2.15. The average Bonchev–Trinajstić information content (AvgIpc) is 3.29. The van der Waals surface area contributed by atoms with Gasteiger partial charge in [-0.15, -0.1) is 0 Å². The summed E-state index contributed by atoms with van der Waals surface area (Å²) in [5.74, 6) is 0. The first-order chi connectivity index (χ1) is 27.7. The van der Waals surface area contributed by atoms with E-state index in [1.807, 2.05) is 36.4 Å². The van der Waals surface area contributed by atoms with Crippen LogP contribution in [0, 0.1) is 0 Å². The Kier molecular flexibility index (Phi) is 8.47. The summed E-state index contributed by atoms with van der Waals surface area (Å²) < 4.78 is 0. The van der Waals surface area contributed by atoms with E-state index in [0.717, 1.165) is 78.1 Å². The molecular weight excluding hydrogens is 681 g/mol. The topological polar surface area (TPSA) is 51.6 Å². The predicted octanol–water partition coefficient (Wildman–Crippen LogP) is 13.2. The molecule has 262 valence electrons. The normalized spacial score (nSPS) is 11.2. The van der Waals surface area contributed by atoms with E-state index < -0.39 is 0 Å². The van der Waals surface area contributed by atoms with Crippen molar-refractivity contribution in [1.82, 2.24) is 19.9 Å². The molecule has 0 N–H and O–H groups in total. The molecule has 56 heavy (non-hydrogen) atoms. The lowest BCUT2D eigenvalue weighted by Crippen LogP contribution is -1.94. The Morgan fingerprint density at radius 3 is 1.46 bits per heavy atom. The van der Waals surface area contributed by atoms with Gasteiger partial charge in [0.2, 0.25) is 0 Å². The van der Waals surface area contributed by atoms with E-state index in [1.54, 1.807) is 12.4 Å². The van der Waals surface area contributed by atoms with Crippen molar-refractivity contribution in [2.45, 2.75) is 0 Å². The molecule has 4 heteroatoms. The second-order valence-corrected chi connectivity index (χ2v) is 13.9. The summed E-state index contributed by atoms with van der Waals surface area (Å²) in [5.41, 5.74) is 15.5. The Morgan fingerprint density at radius 2 is 0.804 bits per heavy atom. The number of fused-ring (bicyclic) bond motifs is 3. The molecule has 0 fully saturated rings. The summed E-state index contributed by atoms with van der Waals surface area (Å²) in [6.45, 7) is 0. The molecule has 0 unspecified atom stereocenters. The van der Waals surface area contributed by atoms with Crippen LogP contribution in [0.2, 0.25) is 0 Å². The Hall–Kier alpha value is -7.56. The first-order valence-electron chi connectivity index (χ1n) is 18.8. The lowest BCUT2D eigenvalue weighted by molar-refractivity contribution is 1.22. The van der Waals surface area contributed by atoms with Crippen molar-refractivity contribution in [2.75, 3.05) is 0 Å². The van der Waals surface area contributed by atoms with Crippen LogP contribution in [-0.2, 0) is 0 Å². The molecule has 0 aliphatic heterocycles. The Labute approximate surface area is 325 Å². The van der Waals surface area contributed by atoms with Crippen LogP contribution in [0.4, 0.5) is 0 Å². The largest absolute Gasteiger partial charge is 0.255 e. The van der Waals surface area contributed by atoms with Crippen LogP contribution < -0.4 is 0 Å². The van der Waals surface area contributed by atoms with Crippen molar-refractivity contribution >= 4 is 21.7 Å². The average molecular weight is 715 g/mol. The number of rotatable bonds is 7. The maximum absolute atomic E-state index is 5.26. The quantitative estimate of drug-likeness (QED) is 0.154. The molecule has 4 aromatic heterocycles. The SMILES string of the molecule is c1ccc(-c2cccc(-c3nc4ccccc4c4c(-c5ccc(-c6ccc(-c7cc(-c8ccccn8)nc(-c8ccccn8)c7)cc6)cc5)cccc34)c2)cc1. The number of para-hydroxylation sites is 1. The smallest absolute Gasteiger partial charge is 0.0900 e. The standard InChI is InChI=1S/C52H34N4/c1-2-12-35(13-3-1)40-14-10-15-41(32-40)52-45-18-11-17-43(51(45)44-16-4-5-19-46(44)56-52)39-28-26-37(27-29-39)36-22-24-38(25-23-36)42-33-49(47-20-6-8-30-53-47)55-50(34-42)48-21-7-9-31-54-48/h1-34H. The zero-order valence-corrected chi connectivity index (χ0v) is 30.4. The molecular formula is C52H34N4. The summed E-state index contributed by atoms with van der Waals surface area (Å²) in [5, 5.41) is 3.50. The molecule has 0 bridgehead atoms. The summed E-state index contributed by atoms with van der Waals surface area (Å²) >= 11 is 0. The molecule has 0 saturated carbocycles. The van der Waals surface area contributed by atoms with Crippen LogP contribution in [0.15, 0.2) is 207 Å². The van der Waals surface area contributed by atoms with Crippen LogP contribution in [0.25, 0.3) is 100 Å². The molecule has 0 aliphatic rings. The number of benzene rings is 6. The number of aromatic nitrogens is 4. The summed E-state index contributed by atoms with van der Waals surface area (Å²) in [6.07, 6.45) is 3.60. The molecule has 6 aromatic carbocycles. The number of pyridine rings is 4. The fourth-order valence-electron chi connectivity index (χ4n) is 7.63.